The molecule has 0 saturated heterocycles. The first-order chi connectivity index (χ1) is 6.32. The van der Waals surface area contributed by atoms with E-state index in [0.717, 1.165) is 6.07 Å². The minimum Gasteiger partial charge on any atom is -0.286 e. The van der Waals surface area contributed by atoms with Crippen LogP contribution in [0.15, 0.2) is 18.2 Å². The summed E-state index contributed by atoms with van der Waals surface area (Å²) in [5, 5.41) is 0.119. The van der Waals surface area contributed by atoms with Gasteiger partial charge in [0.15, 0.2) is 0 Å². The summed E-state index contributed by atoms with van der Waals surface area (Å²) in [4.78, 5) is 7.48. The Morgan fingerprint density at radius 3 is 2.43 bits per heavy atom. The Bertz CT molecular complexity index is 376. The van der Waals surface area contributed by atoms with E-state index >= 15 is 0 Å². The molecular formula is C8H3BrCl2F2O. The minimum absolute atomic E-state index is 0.0569. The van der Waals surface area contributed by atoms with E-state index < -0.39 is 10.6 Å². The third kappa shape index (κ3) is 2.65. The van der Waals surface area contributed by atoms with E-state index in [4.69, 9.17) is 23.2 Å². The molecule has 0 amide bonds. The predicted molar refractivity (Wildman–Crippen MR) is 54.7 cm³/mol. The number of Topliss-reactive ketones (excluding diaryl/α,β-unsaturated/α-hetero) is 1. The monoisotopic (exact) mass is 302 g/mol. The van der Waals surface area contributed by atoms with Gasteiger partial charge in [-0.15, -0.1) is 0 Å². The molecule has 0 spiro atoms. The van der Waals surface area contributed by atoms with E-state index in [2.05, 4.69) is 0 Å². The maximum Gasteiger partial charge on any atom is 0.363 e. The van der Waals surface area contributed by atoms with Crippen LogP contribution in [-0.2, 0) is 0 Å². The van der Waals surface area contributed by atoms with Gasteiger partial charge in [-0.3, -0.25) is 4.79 Å². The third-order valence-corrected chi connectivity index (χ3v) is 2.36. The summed E-state index contributed by atoms with van der Waals surface area (Å²) in [5.74, 6) is -1.41. The number of benzene rings is 1. The average Bonchev–Trinajstić information content (AvgIpc) is 2.06. The largest absolute Gasteiger partial charge is 0.363 e. The van der Waals surface area contributed by atoms with Gasteiger partial charge in [0, 0.05) is 10.6 Å². The first-order valence-corrected chi connectivity index (χ1v) is 4.94. The fraction of sp³-hybridized carbons (Fsp3) is 0.125. The molecule has 0 N–H and O–H groups in total. The molecule has 0 heterocycles. The number of halogens is 5. The lowest BCUT2D eigenvalue weighted by Crippen LogP contribution is -2.21. The second kappa shape index (κ2) is 4.13. The molecular weight excluding hydrogens is 301 g/mol. The van der Waals surface area contributed by atoms with Gasteiger partial charge in [-0.25, -0.2) is 0 Å². The maximum atomic E-state index is 12.6. The van der Waals surface area contributed by atoms with Crippen LogP contribution >= 0.6 is 39.1 Å². The smallest absolute Gasteiger partial charge is 0.286 e. The van der Waals surface area contributed by atoms with E-state index in [9.17, 15) is 13.6 Å². The Kier molecular flexibility index (Phi) is 3.50. The molecule has 0 radical (unpaired) electrons. The molecule has 0 aliphatic rings. The molecule has 0 atom stereocenters. The van der Waals surface area contributed by atoms with Crippen LogP contribution in [0.5, 0.6) is 0 Å². The number of carbonyl (C=O) groups is 1. The molecule has 0 fully saturated rings. The van der Waals surface area contributed by atoms with Crippen LogP contribution in [0.1, 0.15) is 10.4 Å². The number of hydrogen-bond donors (Lipinski definition) is 0. The summed E-state index contributed by atoms with van der Waals surface area (Å²) in [6.45, 7) is 0. The highest BCUT2D eigenvalue weighted by Crippen LogP contribution is 2.31. The number of rotatable bonds is 2. The topological polar surface area (TPSA) is 17.1 Å². The lowest BCUT2D eigenvalue weighted by atomic mass is 10.1. The van der Waals surface area contributed by atoms with Gasteiger partial charge in [-0.1, -0.05) is 23.2 Å². The zero-order chi connectivity index (χ0) is 10.9. The summed E-state index contributed by atoms with van der Waals surface area (Å²) < 4.78 is 25.2. The molecule has 0 aliphatic heterocycles. The third-order valence-electron chi connectivity index (χ3n) is 1.43. The second-order valence-corrected chi connectivity index (χ2v) is 4.29. The van der Waals surface area contributed by atoms with E-state index in [0.29, 0.717) is 0 Å². The fourth-order valence-corrected chi connectivity index (χ4v) is 1.41. The molecule has 0 aromatic heterocycles. The van der Waals surface area contributed by atoms with Crippen LogP contribution in [0.2, 0.25) is 10.0 Å². The van der Waals surface area contributed by atoms with Crippen molar-refractivity contribution in [3.63, 3.8) is 0 Å². The number of ketones is 1. The summed E-state index contributed by atoms with van der Waals surface area (Å²) in [5.41, 5.74) is -0.305. The molecule has 76 valence electrons. The van der Waals surface area contributed by atoms with Crippen LogP contribution in [0.4, 0.5) is 8.78 Å². The molecule has 1 aromatic rings. The van der Waals surface area contributed by atoms with Crippen LogP contribution in [0.25, 0.3) is 0 Å². The molecule has 0 unspecified atom stereocenters. The molecule has 0 saturated carbocycles. The van der Waals surface area contributed by atoms with E-state index in [-0.39, 0.29) is 15.6 Å². The lowest BCUT2D eigenvalue weighted by Gasteiger charge is -2.08. The Hall–Kier alpha value is -0.190. The van der Waals surface area contributed by atoms with Gasteiger partial charge in [0.25, 0.3) is 0 Å². The highest BCUT2D eigenvalue weighted by Gasteiger charge is 2.36. The zero-order valence-corrected chi connectivity index (χ0v) is 9.63. The standard InChI is InChI=1S/C8H3BrCl2F2O/c9-8(12,13)7(14)5-3-4(10)1-2-6(5)11/h1-3H. The number of hydrogen-bond acceptors (Lipinski definition) is 1. The molecule has 1 aromatic carbocycles. The Balaban J connectivity index is 3.19. The normalized spacial score (nSPS) is 11.5. The Morgan fingerprint density at radius 1 is 1.36 bits per heavy atom. The van der Waals surface area contributed by atoms with Crippen LogP contribution < -0.4 is 0 Å². The Morgan fingerprint density at radius 2 is 1.93 bits per heavy atom. The first kappa shape index (κ1) is 11.9. The van der Waals surface area contributed by atoms with Crippen molar-refractivity contribution in [2.75, 3.05) is 0 Å². The summed E-state index contributed by atoms with van der Waals surface area (Å²) >= 11 is 13.1. The maximum absolute atomic E-state index is 12.6. The van der Waals surface area contributed by atoms with Crippen molar-refractivity contribution in [2.24, 2.45) is 0 Å². The highest BCUT2D eigenvalue weighted by molar-refractivity contribution is 9.10. The summed E-state index contributed by atoms with van der Waals surface area (Å²) in [6.07, 6.45) is 0. The van der Waals surface area contributed by atoms with E-state index in [1.165, 1.54) is 12.1 Å². The van der Waals surface area contributed by atoms with Crippen LogP contribution in [0, 0.1) is 0 Å². The van der Waals surface area contributed by atoms with Gasteiger partial charge in [0.05, 0.1) is 5.02 Å². The summed E-state index contributed by atoms with van der Waals surface area (Å²) in [6, 6.07) is 3.80. The van der Waals surface area contributed by atoms with Crippen LogP contribution in [-0.4, -0.2) is 10.6 Å². The van der Waals surface area contributed by atoms with Crippen molar-refractivity contribution in [3.8, 4) is 0 Å². The van der Waals surface area contributed by atoms with Gasteiger partial charge < -0.3 is 0 Å². The lowest BCUT2D eigenvalue weighted by molar-refractivity contribution is 0.0593. The first-order valence-electron chi connectivity index (χ1n) is 3.39. The van der Waals surface area contributed by atoms with Crippen molar-refractivity contribution < 1.29 is 13.6 Å². The van der Waals surface area contributed by atoms with Crippen molar-refractivity contribution >= 4 is 44.9 Å². The van der Waals surface area contributed by atoms with Gasteiger partial charge >= 0.3 is 4.83 Å². The number of carbonyl (C=O) groups excluding carboxylic acids is 1. The van der Waals surface area contributed by atoms with Gasteiger partial charge in [-0.05, 0) is 34.1 Å². The van der Waals surface area contributed by atoms with Crippen molar-refractivity contribution in [1.29, 1.82) is 0 Å². The van der Waals surface area contributed by atoms with Crippen molar-refractivity contribution in [2.45, 2.75) is 4.83 Å². The fourth-order valence-electron chi connectivity index (χ4n) is 0.824. The van der Waals surface area contributed by atoms with Gasteiger partial charge in [0.2, 0.25) is 5.78 Å². The summed E-state index contributed by atoms with van der Waals surface area (Å²) in [7, 11) is 0. The molecule has 6 heteroatoms. The Labute approximate surface area is 97.1 Å². The minimum atomic E-state index is -3.62. The average molecular weight is 304 g/mol. The molecule has 1 nitrogen and oxygen atoms in total. The molecule has 1 rings (SSSR count). The predicted octanol–water partition coefficient (Wildman–Crippen LogP) is 4.16. The number of alkyl halides is 3. The van der Waals surface area contributed by atoms with Gasteiger partial charge in [-0.2, -0.15) is 8.78 Å². The van der Waals surface area contributed by atoms with Crippen molar-refractivity contribution in [3.05, 3.63) is 33.8 Å². The van der Waals surface area contributed by atoms with Crippen molar-refractivity contribution in [1.82, 2.24) is 0 Å². The second-order valence-electron chi connectivity index (χ2n) is 2.45. The molecule has 14 heavy (non-hydrogen) atoms. The highest BCUT2D eigenvalue weighted by atomic mass is 79.9. The quantitative estimate of drug-likeness (QED) is 0.592. The zero-order valence-electron chi connectivity index (χ0n) is 6.53. The van der Waals surface area contributed by atoms with Gasteiger partial charge in [0.1, 0.15) is 0 Å². The SMILES string of the molecule is O=C(c1cc(Cl)ccc1Cl)C(F)(F)Br. The van der Waals surface area contributed by atoms with E-state index in [1.807, 2.05) is 15.9 Å². The van der Waals surface area contributed by atoms with E-state index in [1.54, 1.807) is 0 Å². The molecule has 0 bridgehead atoms. The molecule has 0 aliphatic carbocycles. The van der Waals surface area contributed by atoms with Crippen LogP contribution in [0.3, 0.4) is 0 Å².